The second kappa shape index (κ2) is 15.2. The molecule has 0 radical (unpaired) electrons. The van der Waals surface area contributed by atoms with Gasteiger partial charge in [0.15, 0.2) is 0 Å². The number of benzene rings is 1. The van der Waals surface area contributed by atoms with Crippen molar-refractivity contribution in [3.63, 3.8) is 0 Å². The monoisotopic (exact) mass is 547 g/mol. The van der Waals surface area contributed by atoms with Crippen LogP contribution in [0.4, 0.5) is 11.4 Å². The largest absolute Gasteiger partial charge is 0.383 e. The lowest BCUT2D eigenvalue weighted by molar-refractivity contribution is 0.133. The Morgan fingerprint density at radius 1 is 0.789 bits per heavy atom. The second-order valence-electron chi connectivity index (χ2n) is 10.6. The number of nitrogens with one attached hydrogen (secondary N) is 1. The molecule has 2 atom stereocenters. The van der Waals surface area contributed by atoms with Crippen LogP contribution in [0.25, 0.3) is 0 Å². The van der Waals surface area contributed by atoms with Crippen LogP contribution < -0.4 is 10.2 Å². The van der Waals surface area contributed by atoms with Crippen molar-refractivity contribution in [3.05, 3.63) is 41.1 Å². The summed E-state index contributed by atoms with van der Waals surface area (Å²) < 4.78 is 21.7. The lowest BCUT2D eigenvalue weighted by Gasteiger charge is -2.42. The third kappa shape index (κ3) is 7.69. The molecule has 0 saturated heterocycles. The highest BCUT2D eigenvalue weighted by Gasteiger charge is 2.36. The molecule has 1 heterocycles. The van der Waals surface area contributed by atoms with E-state index in [1.165, 1.54) is 33.1 Å². The third-order valence-electron chi connectivity index (χ3n) is 7.30. The molecule has 3 rings (SSSR count). The Hall–Kier alpha value is -1.71. The molecule has 0 aromatic heterocycles. The maximum absolute atomic E-state index is 5.43. The molecule has 1 aromatic rings. The van der Waals surface area contributed by atoms with Gasteiger partial charge in [-0.25, -0.2) is 0 Å². The molecule has 1 N–H and O–H groups in total. The minimum Gasteiger partial charge on any atom is -0.383 e. The zero-order chi connectivity index (χ0) is 27.7. The van der Waals surface area contributed by atoms with E-state index in [0.29, 0.717) is 43.5 Å². The molecule has 0 spiro atoms. The molecule has 2 unspecified atom stereocenters. The Kier molecular flexibility index (Phi) is 12.3. The Morgan fingerprint density at radius 3 is 1.84 bits per heavy atom. The van der Waals surface area contributed by atoms with Gasteiger partial charge in [-0.2, -0.15) is 0 Å². The summed E-state index contributed by atoms with van der Waals surface area (Å²) in [6.45, 7) is 15.3. The minimum atomic E-state index is 0.268. The fraction of sp³-hybridized carbons (Fsp3) is 0.667. The van der Waals surface area contributed by atoms with Crippen molar-refractivity contribution in [2.24, 2.45) is 5.92 Å². The predicted octanol–water partition coefficient (Wildman–Crippen LogP) is 5.24. The van der Waals surface area contributed by atoms with Gasteiger partial charge in [0.2, 0.25) is 0 Å². The summed E-state index contributed by atoms with van der Waals surface area (Å²) in [6.07, 6.45) is 4.84. The van der Waals surface area contributed by atoms with Crippen LogP contribution in [-0.2, 0) is 18.9 Å². The first-order chi connectivity index (χ1) is 18.3. The van der Waals surface area contributed by atoms with Crippen LogP contribution in [0.3, 0.4) is 0 Å². The van der Waals surface area contributed by atoms with E-state index in [-0.39, 0.29) is 6.04 Å². The van der Waals surface area contributed by atoms with E-state index in [1.54, 1.807) is 28.4 Å². The van der Waals surface area contributed by atoms with Gasteiger partial charge in [0.25, 0.3) is 0 Å². The van der Waals surface area contributed by atoms with Crippen molar-refractivity contribution in [1.29, 1.82) is 0 Å². The van der Waals surface area contributed by atoms with Crippen molar-refractivity contribution < 1.29 is 18.9 Å². The van der Waals surface area contributed by atoms with Gasteiger partial charge in [0.1, 0.15) is 0 Å². The Balaban J connectivity index is 2.02. The summed E-state index contributed by atoms with van der Waals surface area (Å²) >= 11 is 1.98. The highest BCUT2D eigenvalue weighted by Crippen LogP contribution is 2.48. The number of ether oxygens (including phenoxy) is 4. The van der Waals surface area contributed by atoms with Crippen LogP contribution in [0.15, 0.2) is 40.5 Å². The molecular formula is C30H49N3O4S. The van der Waals surface area contributed by atoms with Gasteiger partial charge in [-0.05, 0) is 47.3 Å². The number of nitrogens with zero attached hydrogens (tertiary/aromatic N) is 2. The van der Waals surface area contributed by atoms with Crippen LogP contribution in [0.2, 0.25) is 0 Å². The van der Waals surface area contributed by atoms with E-state index in [1.807, 2.05) is 11.8 Å². The van der Waals surface area contributed by atoms with E-state index in [9.17, 15) is 0 Å². The molecule has 0 amide bonds. The number of rotatable bonds is 16. The highest BCUT2D eigenvalue weighted by atomic mass is 32.2. The first kappa shape index (κ1) is 30.8. The molecule has 0 fully saturated rings. The molecule has 214 valence electrons. The Labute approximate surface area is 234 Å². The summed E-state index contributed by atoms with van der Waals surface area (Å²) in [5.74, 6) is 0.840. The molecule has 38 heavy (non-hydrogen) atoms. The summed E-state index contributed by atoms with van der Waals surface area (Å²) in [5, 5.41) is 4.31. The number of hydrogen-bond donors (Lipinski definition) is 1. The molecule has 1 aromatic carbocycles. The van der Waals surface area contributed by atoms with Crippen LogP contribution in [0.1, 0.15) is 39.2 Å². The second-order valence-corrected chi connectivity index (χ2v) is 11.8. The number of methoxy groups -OCH3 is 4. The number of allylic oxidation sites excluding steroid dienone is 1. The Bertz CT molecular complexity index is 934. The van der Waals surface area contributed by atoms with Crippen molar-refractivity contribution in [2.75, 3.05) is 91.3 Å². The molecule has 0 bridgehead atoms. The maximum Gasteiger partial charge on any atom is 0.0638 e. The molecule has 8 heteroatoms. The SMILES string of the molecule is COCCN(CCOC)C1=CC2Sc3cc(N(CCOC)CCOC)cc(C(C)C)c3NC2C(C(C)C)=C1. The third-order valence-corrected chi connectivity index (χ3v) is 8.55. The molecule has 1 aliphatic heterocycles. The van der Waals surface area contributed by atoms with Gasteiger partial charge in [-0.1, -0.05) is 27.7 Å². The van der Waals surface area contributed by atoms with E-state index in [4.69, 9.17) is 18.9 Å². The molecule has 1 aliphatic carbocycles. The zero-order valence-electron chi connectivity index (χ0n) is 24.7. The molecule has 7 nitrogen and oxygen atoms in total. The van der Waals surface area contributed by atoms with Crippen molar-refractivity contribution in [3.8, 4) is 0 Å². The maximum atomic E-state index is 5.43. The fourth-order valence-corrected chi connectivity index (χ4v) is 6.45. The summed E-state index contributed by atoms with van der Waals surface area (Å²) in [7, 11) is 7.05. The summed E-state index contributed by atoms with van der Waals surface area (Å²) in [6, 6.07) is 4.99. The van der Waals surface area contributed by atoms with Gasteiger partial charge in [0, 0.05) is 70.9 Å². The molecule has 0 saturated carbocycles. The topological polar surface area (TPSA) is 55.4 Å². The summed E-state index contributed by atoms with van der Waals surface area (Å²) in [5.41, 5.74) is 6.60. The number of fused-ring (bicyclic) bond motifs is 2. The van der Waals surface area contributed by atoms with E-state index < -0.39 is 0 Å². The average Bonchev–Trinajstić information content (AvgIpc) is 2.90. The lowest BCUT2D eigenvalue weighted by Crippen LogP contribution is -2.41. The highest BCUT2D eigenvalue weighted by molar-refractivity contribution is 8.00. The Morgan fingerprint density at radius 2 is 1.34 bits per heavy atom. The lowest BCUT2D eigenvalue weighted by atomic mass is 9.87. The molecular weight excluding hydrogens is 498 g/mol. The standard InChI is InChI=1S/C30H49N3O4S/c1-21(2)25-17-23(32(9-13-34-5)10-14-35-6)19-27-29(25)31-30-26(22(3)4)18-24(20-28(30)38-27)33(11-15-36-7)12-16-37-8/h17-22,27,29,31H,9-16H2,1-8H3. The van der Waals surface area contributed by atoms with Crippen LogP contribution in [-0.4, -0.2) is 97.2 Å². The van der Waals surface area contributed by atoms with Crippen molar-refractivity contribution in [1.82, 2.24) is 4.90 Å². The minimum absolute atomic E-state index is 0.268. The van der Waals surface area contributed by atoms with Gasteiger partial charge in [0.05, 0.1) is 43.4 Å². The van der Waals surface area contributed by atoms with E-state index in [2.05, 4.69) is 67.1 Å². The fourth-order valence-electron chi connectivity index (χ4n) is 5.11. The normalized spacial score (nSPS) is 18.6. The van der Waals surface area contributed by atoms with Gasteiger partial charge in [-0.3, -0.25) is 0 Å². The smallest absolute Gasteiger partial charge is 0.0638 e. The van der Waals surface area contributed by atoms with Crippen molar-refractivity contribution >= 4 is 23.1 Å². The number of hydrogen-bond acceptors (Lipinski definition) is 8. The quantitative estimate of drug-likeness (QED) is 0.302. The van der Waals surface area contributed by atoms with Gasteiger partial charge >= 0.3 is 0 Å². The van der Waals surface area contributed by atoms with Gasteiger partial charge < -0.3 is 34.1 Å². The van der Waals surface area contributed by atoms with Crippen molar-refractivity contribution in [2.45, 2.75) is 49.8 Å². The number of thioether (sulfide) groups is 1. The molecule has 2 aliphatic rings. The van der Waals surface area contributed by atoms with Gasteiger partial charge in [-0.15, -0.1) is 11.8 Å². The average molecular weight is 548 g/mol. The van der Waals surface area contributed by atoms with Crippen LogP contribution in [0.5, 0.6) is 0 Å². The van der Waals surface area contributed by atoms with E-state index >= 15 is 0 Å². The zero-order valence-corrected chi connectivity index (χ0v) is 25.5. The predicted molar refractivity (Wildman–Crippen MR) is 160 cm³/mol. The first-order valence-corrected chi connectivity index (χ1v) is 14.7. The van der Waals surface area contributed by atoms with Crippen LogP contribution >= 0.6 is 11.8 Å². The summed E-state index contributed by atoms with van der Waals surface area (Å²) in [4.78, 5) is 6.09. The number of anilines is 2. The van der Waals surface area contributed by atoms with Crippen LogP contribution in [0, 0.1) is 5.92 Å². The van der Waals surface area contributed by atoms with E-state index in [0.717, 1.165) is 26.2 Å². The first-order valence-electron chi connectivity index (χ1n) is 13.8.